The van der Waals surface area contributed by atoms with Gasteiger partial charge >= 0.3 is 5.97 Å². The van der Waals surface area contributed by atoms with Crippen LogP contribution >= 0.6 is 0 Å². The van der Waals surface area contributed by atoms with Gasteiger partial charge in [-0.2, -0.15) is 0 Å². The smallest absolute Gasteiger partial charge is 0.364 e. The van der Waals surface area contributed by atoms with Crippen LogP contribution < -0.4 is 10.6 Å². The van der Waals surface area contributed by atoms with Crippen molar-refractivity contribution in [2.45, 2.75) is 118 Å². The lowest BCUT2D eigenvalue weighted by Gasteiger charge is -2.50. The Balaban J connectivity index is 1.98. The van der Waals surface area contributed by atoms with Gasteiger partial charge in [0.15, 0.2) is 12.6 Å². The molecule has 266 valence electrons. The van der Waals surface area contributed by atoms with Crippen LogP contribution in [0.4, 0.5) is 0 Å². The number of carbonyl (C=O) groups is 3. The largest absolute Gasteiger partial charge is 0.477 e. The molecule has 3 fully saturated rings. The van der Waals surface area contributed by atoms with Crippen molar-refractivity contribution in [2.75, 3.05) is 19.8 Å². The minimum atomic E-state index is -3.04. The second kappa shape index (κ2) is 15.8. The molecule has 21 nitrogen and oxygen atoms in total. The van der Waals surface area contributed by atoms with E-state index < -0.39 is 142 Å². The third kappa shape index (κ3) is 8.08. The van der Waals surface area contributed by atoms with E-state index in [0.717, 1.165) is 13.8 Å². The van der Waals surface area contributed by atoms with Crippen LogP contribution in [-0.4, -0.2) is 191 Å². The molecule has 3 aliphatic heterocycles. The van der Waals surface area contributed by atoms with Crippen LogP contribution in [0.2, 0.25) is 0 Å². The van der Waals surface area contributed by atoms with Gasteiger partial charge in [0.05, 0.1) is 32.0 Å². The summed E-state index contributed by atoms with van der Waals surface area (Å²) < 4.78 is 27.3. The van der Waals surface area contributed by atoms with E-state index in [1.54, 1.807) is 0 Å². The minimum absolute atomic E-state index is 0.720. The van der Waals surface area contributed by atoms with Gasteiger partial charge < -0.3 is 90.5 Å². The van der Waals surface area contributed by atoms with E-state index in [-0.39, 0.29) is 0 Å². The molecule has 46 heavy (non-hydrogen) atoms. The number of hydrogen-bond acceptors (Lipinski definition) is 18. The van der Waals surface area contributed by atoms with Crippen LogP contribution in [0.3, 0.4) is 0 Å². The molecular weight excluding hydrogens is 632 g/mol. The molecule has 0 spiro atoms. The third-order valence-corrected chi connectivity index (χ3v) is 7.87. The summed E-state index contributed by atoms with van der Waals surface area (Å²) in [5.41, 5.74) is 0. The highest BCUT2D eigenvalue weighted by Gasteiger charge is 2.60. The van der Waals surface area contributed by atoms with Crippen molar-refractivity contribution in [2.24, 2.45) is 0 Å². The molecule has 16 atom stereocenters. The summed E-state index contributed by atoms with van der Waals surface area (Å²) in [6, 6.07) is -3.08. The molecule has 1 unspecified atom stereocenters. The first-order chi connectivity index (χ1) is 21.5. The summed E-state index contributed by atoms with van der Waals surface area (Å²) in [5.74, 6) is -6.50. The van der Waals surface area contributed by atoms with Crippen LogP contribution in [0, 0.1) is 0 Å². The minimum Gasteiger partial charge on any atom is -0.477 e. The fraction of sp³-hybridized carbons (Fsp3) is 0.880. The predicted octanol–water partition coefficient (Wildman–Crippen LogP) is -8.08. The first kappa shape index (κ1) is 38.3. The molecular formula is C25H42N2O19. The molecule has 3 rings (SSSR count). The molecule has 3 saturated heterocycles. The van der Waals surface area contributed by atoms with Gasteiger partial charge in [-0.15, -0.1) is 0 Å². The molecule has 0 aromatic rings. The Labute approximate surface area is 260 Å². The molecule has 0 saturated carbocycles. The van der Waals surface area contributed by atoms with Crippen LogP contribution in [0.25, 0.3) is 0 Å². The van der Waals surface area contributed by atoms with Crippen LogP contribution in [-0.2, 0) is 38.1 Å². The summed E-state index contributed by atoms with van der Waals surface area (Å²) in [6.45, 7) is -0.777. The van der Waals surface area contributed by atoms with Gasteiger partial charge in [-0.3, -0.25) is 9.59 Å². The standard InChI is InChI=1S/C25H42N2O19/c1-7(31)26-13-9(33)3-25(24(40)41,45-20(13)15(35)10(34)4-28)46-21-17(37)12(6-30)43-23(18(21)38)44-19-14(27-8(2)32)22(39)42-11(5-29)16(19)36/h9-23,28-30,33-39H,3-6H2,1-2H3,(H,26,31)(H,27,32)(H,40,41)/t9-,10+,11+,12+,13+,14+,15+,16-,17-,18+,19+,20+,21-,22?,23-,25-/m0/s1. The highest BCUT2D eigenvalue weighted by Crippen LogP contribution is 2.38. The van der Waals surface area contributed by atoms with Gasteiger partial charge in [0.1, 0.15) is 67.1 Å². The average Bonchev–Trinajstić information content (AvgIpc) is 2.99. The number of amides is 2. The van der Waals surface area contributed by atoms with E-state index in [0.29, 0.717) is 0 Å². The van der Waals surface area contributed by atoms with Gasteiger partial charge in [0, 0.05) is 20.3 Å². The molecule has 0 bridgehead atoms. The molecule has 0 aliphatic carbocycles. The number of carboxylic acid groups (broad SMARTS) is 1. The Morgan fingerprint density at radius 2 is 1.39 bits per heavy atom. The first-order valence-electron chi connectivity index (χ1n) is 14.2. The Kier molecular flexibility index (Phi) is 13.1. The van der Waals surface area contributed by atoms with Crippen molar-refractivity contribution in [1.82, 2.24) is 10.6 Å². The number of rotatable bonds is 12. The van der Waals surface area contributed by atoms with E-state index in [9.17, 15) is 70.6 Å². The fourth-order valence-corrected chi connectivity index (χ4v) is 5.56. The van der Waals surface area contributed by atoms with Crippen LogP contribution in [0.15, 0.2) is 0 Å². The highest BCUT2D eigenvalue weighted by atomic mass is 16.8. The number of aliphatic hydroxyl groups excluding tert-OH is 10. The number of ether oxygens (including phenoxy) is 5. The van der Waals surface area contributed by atoms with Crippen LogP contribution in [0.5, 0.6) is 0 Å². The molecule has 21 heteroatoms. The average molecular weight is 675 g/mol. The number of carboxylic acids is 1. The topological polar surface area (TPSA) is 344 Å². The van der Waals surface area contributed by atoms with E-state index in [1.807, 2.05) is 0 Å². The third-order valence-electron chi connectivity index (χ3n) is 7.87. The Morgan fingerprint density at radius 3 is 1.91 bits per heavy atom. The summed E-state index contributed by atoms with van der Waals surface area (Å²) in [6.07, 6.45) is -25.8. The van der Waals surface area contributed by atoms with Gasteiger partial charge in [0.25, 0.3) is 5.79 Å². The normalized spacial score (nSPS) is 42.9. The van der Waals surface area contributed by atoms with Crippen LogP contribution in [0.1, 0.15) is 20.3 Å². The maximum Gasteiger partial charge on any atom is 0.364 e. The molecule has 2 amide bonds. The summed E-state index contributed by atoms with van der Waals surface area (Å²) in [5, 5.41) is 118. The number of aliphatic hydroxyl groups is 10. The predicted molar refractivity (Wildman–Crippen MR) is 142 cm³/mol. The molecule has 13 N–H and O–H groups in total. The SMILES string of the molecule is CC(=O)N[C@H]1[C@H]([C@H](O)[C@H](O)CO)O[C@@](O[C@H]2[C@@H](O)[C@@H](CO)O[C@@H](O[C@H]3[C@@H](O)[C@@H](CO)OC(O)[C@@H]3NC(C)=O)[C@@H]2O)(C(=O)O)C[C@@H]1O. The van der Waals surface area contributed by atoms with Crippen molar-refractivity contribution < 1.29 is 94.2 Å². The van der Waals surface area contributed by atoms with Gasteiger partial charge in [-0.05, 0) is 0 Å². The number of carbonyl (C=O) groups excluding carboxylic acids is 2. The Hall–Kier alpha value is -2.19. The van der Waals surface area contributed by atoms with Gasteiger partial charge in [-0.25, -0.2) is 4.79 Å². The molecule has 3 heterocycles. The van der Waals surface area contributed by atoms with Crippen molar-refractivity contribution in [1.29, 1.82) is 0 Å². The van der Waals surface area contributed by atoms with Crippen molar-refractivity contribution >= 4 is 17.8 Å². The highest BCUT2D eigenvalue weighted by molar-refractivity contribution is 5.76. The van der Waals surface area contributed by atoms with Gasteiger partial charge in [-0.1, -0.05) is 0 Å². The lowest BCUT2D eigenvalue weighted by atomic mass is 9.88. The summed E-state index contributed by atoms with van der Waals surface area (Å²) in [4.78, 5) is 36.2. The number of aliphatic carboxylic acids is 1. The van der Waals surface area contributed by atoms with E-state index in [4.69, 9.17) is 23.7 Å². The summed E-state index contributed by atoms with van der Waals surface area (Å²) >= 11 is 0. The summed E-state index contributed by atoms with van der Waals surface area (Å²) in [7, 11) is 0. The van der Waals surface area contributed by atoms with Crippen molar-refractivity contribution in [3.05, 3.63) is 0 Å². The maximum atomic E-state index is 12.6. The van der Waals surface area contributed by atoms with Crippen molar-refractivity contribution in [3.8, 4) is 0 Å². The van der Waals surface area contributed by atoms with E-state index in [2.05, 4.69) is 10.6 Å². The second-order valence-electron chi connectivity index (χ2n) is 11.2. The van der Waals surface area contributed by atoms with Gasteiger partial charge in [0.2, 0.25) is 11.8 Å². The number of hydrogen-bond donors (Lipinski definition) is 13. The zero-order valence-electron chi connectivity index (χ0n) is 24.7. The molecule has 0 aromatic heterocycles. The van der Waals surface area contributed by atoms with E-state index >= 15 is 0 Å². The monoisotopic (exact) mass is 674 g/mol. The lowest BCUT2D eigenvalue weighted by Crippen LogP contribution is -2.71. The molecule has 0 aromatic carbocycles. The Bertz CT molecular complexity index is 1050. The zero-order chi connectivity index (χ0) is 34.7. The lowest BCUT2D eigenvalue weighted by molar-refractivity contribution is -0.380. The molecule has 0 radical (unpaired) electrons. The second-order valence-corrected chi connectivity index (χ2v) is 11.2. The quantitative estimate of drug-likeness (QED) is 0.0913. The van der Waals surface area contributed by atoms with E-state index in [1.165, 1.54) is 0 Å². The fourth-order valence-electron chi connectivity index (χ4n) is 5.56. The zero-order valence-corrected chi connectivity index (χ0v) is 24.7. The van der Waals surface area contributed by atoms with Crippen molar-refractivity contribution in [3.63, 3.8) is 0 Å². The first-order valence-corrected chi connectivity index (χ1v) is 14.2. The molecule has 3 aliphatic rings. The maximum absolute atomic E-state index is 12.6. The number of nitrogens with one attached hydrogen (secondary N) is 2. The Morgan fingerprint density at radius 1 is 0.848 bits per heavy atom.